The molecular formula is C23H27N7O5S. The second kappa shape index (κ2) is 9.56. The highest BCUT2D eigenvalue weighted by molar-refractivity contribution is 7.90. The van der Waals surface area contributed by atoms with Crippen molar-refractivity contribution in [2.75, 3.05) is 25.6 Å². The van der Waals surface area contributed by atoms with Crippen LogP contribution in [0.3, 0.4) is 0 Å². The normalized spacial score (nSPS) is 16.9. The number of fused-ring (bicyclic) bond motifs is 1. The molecule has 0 radical (unpaired) electrons. The third-order valence-electron chi connectivity index (χ3n) is 6.44. The molecule has 1 aliphatic heterocycles. The number of benzene rings is 1. The van der Waals surface area contributed by atoms with Crippen molar-refractivity contribution < 1.29 is 23.1 Å². The number of anilines is 1. The molecule has 1 atom stereocenters. The fourth-order valence-electron chi connectivity index (χ4n) is 4.25. The molecule has 1 saturated carbocycles. The van der Waals surface area contributed by atoms with E-state index >= 15 is 0 Å². The molecule has 1 aromatic carbocycles. The number of tetrazole rings is 1. The van der Waals surface area contributed by atoms with Crippen molar-refractivity contribution >= 4 is 21.7 Å². The van der Waals surface area contributed by atoms with Crippen LogP contribution >= 0.6 is 0 Å². The number of carbonyl (C=O) groups excluding carboxylic acids is 1. The van der Waals surface area contributed by atoms with Gasteiger partial charge in [0.05, 0.1) is 30.6 Å². The number of hydrogen-bond donors (Lipinski definition) is 2. The summed E-state index contributed by atoms with van der Waals surface area (Å²) >= 11 is 0. The summed E-state index contributed by atoms with van der Waals surface area (Å²) < 4.78 is 33.9. The van der Waals surface area contributed by atoms with Crippen LogP contribution in [0.2, 0.25) is 0 Å². The number of pyridine rings is 1. The van der Waals surface area contributed by atoms with Crippen LogP contribution in [-0.2, 0) is 23.0 Å². The van der Waals surface area contributed by atoms with Crippen molar-refractivity contribution in [3.05, 3.63) is 47.0 Å². The lowest BCUT2D eigenvalue weighted by molar-refractivity contribution is 0.102. The summed E-state index contributed by atoms with van der Waals surface area (Å²) in [7, 11) is -1.82. The zero-order valence-corrected chi connectivity index (χ0v) is 20.8. The number of aliphatic hydroxyl groups excluding tert-OH is 1. The highest BCUT2D eigenvalue weighted by atomic mass is 32.2. The Bertz CT molecular complexity index is 1400. The van der Waals surface area contributed by atoms with Gasteiger partial charge in [-0.25, -0.2) is 18.1 Å². The zero-order chi connectivity index (χ0) is 25.4. The average Bonchev–Trinajstić information content (AvgIpc) is 3.64. The summed E-state index contributed by atoms with van der Waals surface area (Å²) in [6, 6.07) is 8.21. The van der Waals surface area contributed by atoms with Crippen LogP contribution in [-0.4, -0.2) is 74.4 Å². The van der Waals surface area contributed by atoms with Crippen molar-refractivity contribution in [2.45, 2.75) is 44.0 Å². The Morgan fingerprint density at radius 3 is 2.81 bits per heavy atom. The van der Waals surface area contributed by atoms with E-state index in [1.165, 1.54) is 16.1 Å². The van der Waals surface area contributed by atoms with E-state index in [1.807, 2.05) is 0 Å². The van der Waals surface area contributed by atoms with Gasteiger partial charge in [-0.1, -0.05) is 6.07 Å². The van der Waals surface area contributed by atoms with E-state index in [4.69, 9.17) is 4.74 Å². The van der Waals surface area contributed by atoms with Gasteiger partial charge in [-0.2, -0.15) is 4.31 Å². The van der Waals surface area contributed by atoms with Gasteiger partial charge in [0.1, 0.15) is 17.3 Å². The number of aromatic nitrogens is 5. The summed E-state index contributed by atoms with van der Waals surface area (Å²) in [6.45, 7) is 2.28. The van der Waals surface area contributed by atoms with Crippen LogP contribution in [0.5, 0.6) is 5.75 Å². The number of amides is 1. The third kappa shape index (κ3) is 4.56. The standard InChI is InChI=1S/C23H27N7O5S/c1-14(13-31)30-22(26-27-28-30)19-4-3-5-21(24-19)25-23(32)18-10-16-12-29(36(33,34)17-6-7-17)9-8-15(16)11-20(18)35-2/h3-5,10-11,14,17,31H,6-9,12-13H2,1-2H3,(H,24,25,32)/t14-/m1/s1. The van der Waals surface area contributed by atoms with E-state index in [1.54, 1.807) is 37.3 Å². The largest absolute Gasteiger partial charge is 0.496 e. The lowest BCUT2D eigenvalue weighted by Gasteiger charge is -2.29. The minimum absolute atomic E-state index is 0.147. The minimum Gasteiger partial charge on any atom is -0.496 e. The number of hydrogen-bond acceptors (Lipinski definition) is 9. The maximum absolute atomic E-state index is 13.3. The Morgan fingerprint density at radius 2 is 2.08 bits per heavy atom. The second-order valence-electron chi connectivity index (χ2n) is 8.99. The molecule has 0 bridgehead atoms. The first-order valence-corrected chi connectivity index (χ1v) is 13.2. The summed E-state index contributed by atoms with van der Waals surface area (Å²) in [4.78, 5) is 17.7. The molecule has 3 heterocycles. The number of nitrogens with zero attached hydrogens (tertiary/aromatic N) is 6. The molecule has 12 nitrogen and oxygen atoms in total. The van der Waals surface area contributed by atoms with Gasteiger partial charge in [-0.15, -0.1) is 5.10 Å². The maximum Gasteiger partial charge on any atom is 0.260 e. The number of sulfonamides is 1. The summed E-state index contributed by atoms with van der Waals surface area (Å²) in [5.41, 5.74) is 2.47. The first-order chi connectivity index (χ1) is 17.3. The van der Waals surface area contributed by atoms with Gasteiger partial charge < -0.3 is 15.2 Å². The van der Waals surface area contributed by atoms with Crippen LogP contribution in [0.15, 0.2) is 30.3 Å². The molecule has 36 heavy (non-hydrogen) atoms. The fraction of sp³-hybridized carbons (Fsp3) is 0.435. The smallest absolute Gasteiger partial charge is 0.260 e. The monoisotopic (exact) mass is 513 g/mol. The van der Waals surface area contributed by atoms with Gasteiger partial charge in [0, 0.05) is 13.1 Å². The number of rotatable bonds is 8. The van der Waals surface area contributed by atoms with Gasteiger partial charge in [-0.05, 0) is 72.0 Å². The Hall–Kier alpha value is -3.42. The predicted octanol–water partition coefficient (Wildman–Crippen LogP) is 1.40. The van der Waals surface area contributed by atoms with Crippen molar-refractivity contribution in [3.8, 4) is 17.3 Å². The van der Waals surface area contributed by atoms with Gasteiger partial charge in [0.15, 0.2) is 0 Å². The molecule has 2 N–H and O–H groups in total. The fourth-order valence-corrected chi connectivity index (χ4v) is 6.07. The van der Waals surface area contributed by atoms with E-state index in [9.17, 15) is 18.3 Å². The van der Waals surface area contributed by atoms with E-state index < -0.39 is 15.9 Å². The topological polar surface area (TPSA) is 152 Å². The van der Waals surface area contributed by atoms with E-state index in [0.717, 1.165) is 11.1 Å². The maximum atomic E-state index is 13.3. The molecule has 190 valence electrons. The van der Waals surface area contributed by atoms with Crippen LogP contribution < -0.4 is 10.1 Å². The molecule has 5 rings (SSSR count). The molecule has 1 aliphatic carbocycles. The average molecular weight is 514 g/mol. The first-order valence-electron chi connectivity index (χ1n) is 11.7. The van der Waals surface area contributed by atoms with E-state index in [2.05, 4.69) is 25.8 Å². The molecule has 0 saturated heterocycles. The van der Waals surface area contributed by atoms with Crippen molar-refractivity contribution in [2.24, 2.45) is 0 Å². The second-order valence-corrected chi connectivity index (χ2v) is 11.2. The Labute approximate surface area is 208 Å². The highest BCUT2D eigenvalue weighted by Gasteiger charge is 2.41. The van der Waals surface area contributed by atoms with Gasteiger partial charge >= 0.3 is 0 Å². The molecule has 0 spiro atoms. The van der Waals surface area contributed by atoms with Crippen LogP contribution in [0, 0.1) is 0 Å². The van der Waals surface area contributed by atoms with Gasteiger partial charge in [0.25, 0.3) is 5.91 Å². The number of ether oxygens (including phenoxy) is 1. The lowest BCUT2D eigenvalue weighted by Crippen LogP contribution is -2.38. The Kier molecular flexibility index (Phi) is 6.45. The molecular weight excluding hydrogens is 486 g/mol. The molecule has 2 aliphatic rings. The minimum atomic E-state index is -3.31. The third-order valence-corrected chi connectivity index (χ3v) is 8.79. The van der Waals surface area contributed by atoms with Crippen LogP contribution in [0.4, 0.5) is 5.82 Å². The molecule has 1 fully saturated rings. The number of methoxy groups -OCH3 is 1. The highest BCUT2D eigenvalue weighted by Crippen LogP contribution is 2.35. The zero-order valence-electron chi connectivity index (χ0n) is 20.0. The van der Waals surface area contributed by atoms with Crippen LogP contribution in [0.25, 0.3) is 11.5 Å². The van der Waals surface area contributed by atoms with E-state index in [-0.39, 0.29) is 35.8 Å². The first kappa shape index (κ1) is 24.3. The summed E-state index contributed by atoms with van der Waals surface area (Å²) in [6.07, 6.45) is 1.97. The molecule has 2 aromatic heterocycles. The van der Waals surface area contributed by atoms with Crippen molar-refractivity contribution in [1.82, 2.24) is 29.5 Å². The molecule has 0 unspecified atom stereocenters. The van der Waals surface area contributed by atoms with Gasteiger partial charge in [-0.3, -0.25) is 4.79 Å². The SMILES string of the molecule is COc1cc2c(cc1C(=O)Nc1cccc(-c3nnnn3[C@H](C)CO)n1)CN(S(=O)(=O)C1CC1)CC2. The number of aliphatic hydroxyl groups is 1. The number of carbonyl (C=O) groups is 1. The summed E-state index contributed by atoms with van der Waals surface area (Å²) in [5.74, 6) is 0.601. The van der Waals surface area contributed by atoms with E-state index in [0.29, 0.717) is 43.1 Å². The van der Waals surface area contributed by atoms with Crippen molar-refractivity contribution in [1.29, 1.82) is 0 Å². The summed E-state index contributed by atoms with van der Waals surface area (Å²) in [5, 5.41) is 23.5. The number of nitrogens with one attached hydrogen (secondary N) is 1. The predicted molar refractivity (Wildman–Crippen MR) is 130 cm³/mol. The molecule has 3 aromatic rings. The molecule has 13 heteroatoms. The Balaban J connectivity index is 1.40. The Morgan fingerprint density at radius 1 is 1.28 bits per heavy atom. The van der Waals surface area contributed by atoms with Crippen molar-refractivity contribution in [3.63, 3.8) is 0 Å². The lowest BCUT2D eigenvalue weighted by atomic mass is 9.97. The molecule has 1 amide bonds. The quantitative estimate of drug-likeness (QED) is 0.455. The van der Waals surface area contributed by atoms with Gasteiger partial charge in [0.2, 0.25) is 15.8 Å². The van der Waals surface area contributed by atoms with Crippen LogP contribution in [0.1, 0.15) is 47.3 Å².